The van der Waals surface area contributed by atoms with Gasteiger partial charge in [0.15, 0.2) is 0 Å². The van der Waals surface area contributed by atoms with E-state index in [1.807, 2.05) is 6.92 Å². The first-order chi connectivity index (χ1) is 7.56. The van der Waals surface area contributed by atoms with E-state index in [-0.39, 0.29) is 11.9 Å². The maximum Gasteiger partial charge on any atom is 0.131 e. The molecule has 2 N–H and O–H groups in total. The molecule has 0 spiro atoms. The summed E-state index contributed by atoms with van der Waals surface area (Å²) in [5.41, 5.74) is 7.46. The number of allylic oxidation sites excluding steroid dienone is 1. The first kappa shape index (κ1) is 12.7. The van der Waals surface area contributed by atoms with Crippen molar-refractivity contribution in [2.45, 2.75) is 25.8 Å². The van der Waals surface area contributed by atoms with E-state index >= 15 is 0 Å². The molecule has 1 aromatic carbocycles. The van der Waals surface area contributed by atoms with Gasteiger partial charge in [-0.2, -0.15) is 0 Å². The highest BCUT2D eigenvalue weighted by molar-refractivity contribution is 5.37. The fraction of sp³-hybridized carbons (Fsp3) is 0.385. The molecule has 0 saturated carbocycles. The Kier molecular flexibility index (Phi) is 4.50. The van der Waals surface area contributed by atoms with Gasteiger partial charge in [0.05, 0.1) is 7.11 Å². The van der Waals surface area contributed by atoms with E-state index in [2.05, 4.69) is 6.58 Å². The SMILES string of the molecule is C=C(C)CCC(N)c1c(F)cccc1OC. The van der Waals surface area contributed by atoms with Crippen LogP contribution in [0.25, 0.3) is 0 Å². The minimum absolute atomic E-state index is 0.312. The maximum atomic E-state index is 13.6. The van der Waals surface area contributed by atoms with Crippen molar-refractivity contribution in [2.75, 3.05) is 7.11 Å². The van der Waals surface area contributed by atoms with Gasteiger partial charge in [0.25, 0.3) is 0 Å². The molecule has 1 atom stereocenters. The lowest BCUT2D eigenvalue weighted by atomic mass is 9.99. The number of nitrogens with two attached hydrogens (primary N) is 1. The number of halogens is 1. The molecule has 0 fully saturated rings. The van der Waals surface area contributed by atoms with Crippen LogP contribution in [0.4, 0.5) is 4.39 Å². The van der Waals surface area contributed by atoms with Crippen molar-refractivity contribution in [2.24, 2.45) is 5.73 Å². The molecule has 0 aliphatic carbocycles. The summed E-state index contributed by atoms with van der Waals surface area (Å²) in [6.45, 7) is 5.74. The van der Waals surface area contributed by atoms with Crippen molar-refractivity contribution in [1.29, 1.82) is 0 Å². The van der Waals surface area contributed by atoms with Crippen molar-refractivity contribution in [3.05, 3.63) is 41.7 Å². The van der Waals surface area contributed by atoms with Gasteiger partial charge in [-0.3, -0.25) is 0 Å². The second-order valence-electron chi connectivity index (χ2n) is 3.96. The number of rotatable bonds is 5. The van der Waals surface area contributed by atoms with Gasteiger partial charge in [-0.25, -0.2) is 4.39 Å². The largest absolute Gasteiger partial charge is 0.496 e. The molecule has 0 radical (unpaired) electrons. The van der Waals surface area contributed by atoms with Gasteiger partial charge < -0.3 is 10.5 Å². The minimum Gasteiger partial charge on any atom is -0.496 e. The van der Waals surface area contributed by atoms with Crippen molar-refractivity contribution in [3.8, 4) is 5.75 Å². The van der Waals surface area contributed by atoms with Crippen molar-refractivity contribution >= 4 is 0 Å². The van der Waals surface area contributed by atoms with E-state index in [1.54, 1.807) is 12.1 Å². The molecule has 3 heteroatoms. The van der Waals surface area contributed by atoms with Crippen LogP contribution in [0.15, 0.2) is 30.4 Å². The molecule has 1 rings (SSSR count). The number of hydrogen-bond donors (Lipinski definition) is 1. The van der Waals surface area contributed by atoms with Crippen LogP contribution in [0, 0.1) is 5.82 Å². The van der Waals surface area contributed by atoms with Crippen molar-refractivity contribution in [3.63, 3.8) is 0 Å². The molecule has 0 bridgehead atoms. The first-order valence-electron chi connectivity index (χ1n) is 5.28. The second kappa shape index (κ2) is 5.66. The quantitative estimate of drug-likeness (QED) is 0.778. The molecule has 0 aliphatic rings. The fourth-order valence-electron chi connectivity index (χ4n) is 1.60. The third-order valence-corrected chi connectivity index (χ3v) is 2.49. The Bertz CT molecular complexity index is 376. The zero-order chi connectivity index (χ0) is 12.1. The predicted molar refractivity (Wildman–Crippen MR) is 63.9 cm³/mol. The molecule has 0 heterocycles. The lowest BCUT2D eigenvalue weighted by Crippen LogP contribution is -2.13. The van der Waals surface area contributed by atoms with Crippen LogP contribution >= 0.6 is 0 Å². The Morgan fingerprint density at radius 2 is 2.25 bits per heavy atom. The van der Waals surface area contributed by atoms with Crippen LogP contribution in [0.1, 0.15) is 31.4 Å². The lowest BCUT2D eigenvalue weighted by Gasteiger charge is -2.16. The summed E-state index contributed by atoms with van der Waals surface area (Å²) < 4.78 is 18.7. The Hall–Kier alpha value is -1.35. The summed E-state index contributed by atoms with van der Waals surface area (Å²) in [5, 5.41) is 0. The van der Waals surface area contributed by atoms with Gasteiger partial charge in [-0.15, -0.1) is 6.58 Å². The number of hydrogen-bond acceptors (Lipinski definition) is 2. The van der Waals surface area contributed by atoms with Crippen LogP contribution in [-0.2, 0) is 0 Å². The summed E-state index contributed by atoms with van der Waals surface area (Å²) in [6.07, 6.45) is 1.46. The molecule has 0 saturated heterocycles. The van der Waals surface area contributed by atoms with Crippen LogP contribution in [0.2, 0.25) is 0 Å². The van der Waals surface area contributed by atoms with E-state index in [0.29, 0.717) is 17.7 Å². The van der Waals surface area contributed by atoms with E-state index in [1.165, 1.54) is 13.2 Å². The van der Waals surface area contributed by atoms with Gasteiger partial charge in [0.1, 0.15) is 11.6 Å². The first-order valence-corrected chi connectivity index (χ1v) is 5.28. The van der Waals surface area contributed by atoms with Gasteiger partial charge >= 0.3 is 0 Å². The number of methoxy groups -OCH3 is 1. The summed E-state index contributed by atoms with van der Waals surface area (Å²) in [4.78, 5) is 0. The van der Waals surface area contributed by atoms with Crippen LogP contribution in [0.5, 0.6) is 5.75 Å². The Morgan fingerprint density at radius 3 is 2.81 bits per heavy atom. The molecule has 0 aliphatic heterocycles. The minimum atomic E-state index is -0.354. The summed E-state index contributed by atoms with van der Waals surface area (Å²) in [7, 11) is 1.52. The summed E-state index contributed by atoms with van der Waals surface area (Å²) >= 11 is 0. The highest BCUT2D eigenvalue weighted by atomic mass is 19.1. The number of ether oxygens (including phenoxy) is 1. The van der Waals surface area contributed by atoms with Gasteiger partial charge in [0.2, 0.25) is 0 Å². The lowest BCUT2D eigenvalue weighted by molar-refractivity contribution is 0.397. The Balaban J connectivity index is 2.88. The van der Waals surface area contributed by atoms with Crippen LogP contribution in [0.3, 0.4) is 0 Å². The van der Waals surface area contributed by atoms with Gasteiger partial charge in [-0.05, 0) is 31.9 Å². The molecule has 88 valence electrons. The summed E-state index contributed by atoms with van der Waals surface area (Å²) in [6, 6.07) is 4.38. The third kappa shape index (κ3) is 3.07. The van der Waals surface area contributed by atoms with Crippen molar-refractivity contribution < 1.29 is 9.13 Å². The topological polar surface area (TPSA) is 35.2 Å². The average Bonchev–Trinajstić information content (AvgIpc) is 2.25. The van der Waals surface area contributed by atoms with Crippen LogP contribution in [-0.4, -0.2) is 7.11 Å². The fourth-order valence-corrected chi connectivity index (χ4v) is 1.60. The molecule has 0 aromatic heterocycles. The van der Waals surface area contributed by atoms with E-state index in [4.69, 9.17) is 10.5 Å². The Morgan fingerprint density at radius 1 is 1.56 bits per heavy atom. The molecule has 1 unspecified atom stereocenters. The molecule has 1 aromatic rings. The molecule has 16 heavy (non-hydrogen) atoms. The zero-order valence-corrected chi connectivity index (χ0v) is 9.79. The zero-order valence-electron chi connectivity index (χ0n) is 9.79. The maximum absolute atomic E-state index is 13.6. The second-order valence-corrected chi connectivity index (χ2v) is 3.96. The standard InChI is InChI=1S/C13H18FNO/c1-9(2)7-8-11(15)13-10(14)5-4-6-12(13)16-3/h4-6,11H,1,7-8,15H2,2-3H3. The molecule has 0 amide bonds. The van der Waals surface area contributed by atoms with E-state index in [9.17, 15) is 4.39 Å². The highest BCUT2D eigenvalue weighted by Crippen LogP contribution is 2.29. The van der Waals surface area contributed by atoms with Crippen LogP contribution < -0.4 is 10.5 Å². The Labute approximate surface area is 95.9 Å². The van der Waals surface area contributed by atoms with Gasteiger partial charge in [0, 0.05) is 11.6 Å². The van der Waals surface area contributed by atoms with E-state index in [0.717, 1.165) is 12.0 Å². The monoisotopic (exact) mass is 223 g/mol. The highest BCUT2D eigenvalue weighted by Gasteiger charge is 2.16. The average molecular weight is 223 g/mol. The van der Waals surface area contributed by atoms with Gasteiger partial charge in [-0.1, -0.05) is 11.6 Å². The van der Waals surface area contributed by atoms with E-state index < -0.39 is 0 Å². The third-order valence-electron chi connectivity index (χ3n) is 2.49. The number of benzene rings is 1. The van der Waals surface area contributed by atoms with Crippen molar-refractivity contribution in [1.82, 2.24) is 0 Å². The smallest absolute Gasteiger partial charge is 0.131 e. The molecular formula is C13H18FNO. The molecular weight excluding hydrogens is 205 g/mol. The summed E-state index contributed by atoms with van der Waals surface area (Å²) in [5.74, 6) is 0.197. The normalized spacial score (nSPS) is 12.2. The molecule has 2 nitrogen and oxygen atoms in total. The predicted octanol–water partition coefficient (Wildman–Crippen LogP) is 3.19.